The summed E-state index contributed by atoms with van der Waals surface area (Å²) >= 11 is 6.77. The average Bonchev–Trinajstić information content (AvgIpc) is 3.55. The summed E-state index contributed by atoms with van der Waals surface area (Å²) in [7, 11) is 0. The van der Waals surface area contributed by atoms with Crippen molar-refractivity contribution >= 4 is 45.0 Å². The van der Waals surface area contributed by atoms with Gasteiger partial charge in [0.05, 0.1) is 17.1 Å². The lowest BCUT2D eigenvalue weighted by atomic mass is 9.94. The zero-order chi connectivity index (χ0) is 34.7. The van der Waals surface area contributed by atoms with Crippen LogP contribution in [0, 0.1) is 18.2 Å². The smallest absolute Gasteiger partial charge is 0.319 e. The first-order valence-electron chi connectivity index (χ1n) is 15.8. The number of nitrogens with zero attached hydrogens (tertiary/aromatic N) is 6. The highest BCUT2D eigenvalue weighted by Gasteiger charge is 2.57. The van der Waals surface area contributed by atoms with Crippen LogP contribution in [0.3, 0.4) is 0 Å². The van der Waals surface area contributed by atoms with Crippen molar-refractivity contribution in [3.63, 3.8) is 0 Å². The topological polar surface area (TPSA) is 86.4 Å². The molecule has 2 atom stereocenters. The van der Waals surface area contributed by atoms with Gasteiger partial charge < -0.3 is 24.5 Å². The molecular formula is C35H31ClF4N6O3. The fourth-order valence-corrected chi connectivity index (χ4v) is 7.96. The Morgan fingerprint density at radius 2 is 2.02 bits per heavy atom. The number of fused-ring (bicyclic) bond motifs is 3. The third kappa shape index (κ3) is 5.76. The molecule has 254 valence electrons. The van der Waals surface area contributed by atoms with E-state index in [-0.39, 0.29) is 102 Å². The molecule has 3 fully saturated rings. The van der Waals surface area contributed by atoms with Gasteiger partial charge >= 0.3 is 6.01 Å². The molecule has 1 aromatic heterocycles. The molecule has 49 heavy (non-hydrogen) atoms. The largest absolute Gasteiger partial charge is 0.508 e. The van der Waals surface area contributed by atoms with Crippen LogP contribution in [0.5, 0.6) is 11.8 Å². The lowest BCUT2D eigenvalue weighted by molar-refractivity contribution is -0.128. The van der Waals surface area contributed by atoms with Crippen molar-refractivity contribution in [1.82, 2.24) is 19.8 Å². The molecule has 4 aromatic rings. The number of hydrogen-bond donors (Lipinski definition) is 1. The Labute approximate surface area is 284 Å². The molecular weight excluding hydrogens is 664 g/mol. The van der Waals surface area contributed by atoms with E-state index < -0.39 is 29.1 Å². The Hall–Kier alpha value is -4.67. The lowest BCUT2D eigenvalue weighted by Gasteiger charge is -2.39. The fraction of sp³-hybridized carbons (Fsp3) is 0.371. The third-order valence-corrected chi connectivity index (χ3v) is 10.1. The van der Waals surface area contributed by atoms with E-state index in [4.69, 9.17) is 22.9 Å². The summed E-state index contributed by atoms with van der Waals surface area (Å²) in [5, 5.41) is 10.9. The molecule has 0 radical (unpaired) electrons. The predicted molar refractivity (Wildman–Crippen MR) is 177 cm³/mol. The van der Waals surface area contributed by atoms with Gasteiger partial charge in [0.2, 0.25) is 12.5 Å². The molecule has 0 saturated carbocycles. The van der Waals surface area contributed by atoms with Gasteiger partial charge in [0, 0.05) is 48.0 Å². The van der Waals surface area contributed by atoms with Gasteiger partial charge in [-0.05, 0) is 55.1 Å². The minimum Gasteiger partial charge on any atom is -0.508 e. The minimum atomic E-state index is -2.88. The molecule has 3 aromatic carbocycles. The first-order valence-corrected chi connectivity index (χ1v) is 16.2. The van der Waals surface area contributed by atoms with Crippen LogP contribution in [0.4, 0.5) is 23.4 Å². The van der Waals surface area contributed by atoms with Crippen molar-refractivity contribution in [2.45, 2.75) is 36.8 Å². The molecule has 1 amide bonds. The van der Waals surface area contributed by atoms with Crippen molar-refractivity contribution in [1.29, 1.82) is 0 Å². The lowest BCUT2D eigenvalue weighted by Crippen LogP contribution is -2.56. The summed E-state index contributed by atoms with van der Waals surface area (Å²) in [5.74, 6) is -4.82. The quantitative estimate of drug-likeness (QED) is 0.135. The van der Waals surface area contributed by atoms with Crippen LogP contribution in [0.2, 0.25) is 5.02 Å². The van der Waals surface area contributed by atoms with Gasteiger partial charge in [-0.2, -0.15) is 9.97 Å². The number of phenols is 1. The second-order valence-electron chi connectivity index (χ2n) is 12.9. The number of rotatable bonds is 7. The number of phenolic OH excluding ortho intramolecular Hbond substituents is 1. The van der Waals surface area contributed by atoms with Crippen LogP contribution in [0.15, 0.2) is 49.1 Å². The number of ether oxygens (including phenoxy) is 1. The van der Waals surface area contributed by atoms with Crippen molar-refractivity contribution in [2.24, 2.45) is 0 Å². The maximum Gasteiger partial charge on any atom is 0.319 e. The first kappa shape index (κ1) is 32.9. The van der Waals surface area contributed by atoms with Crippen LogP contribution in [-0.4, -0.2) is 94.2 Å². The van der Waals surface area contributed by atoms with E-state index in [1.165, 1.54) is 36.4 Å². The maximum absolute atomic E-state index is 16.9. The number of aromatic hydroxyl groups is 1. The highest BCUT2D eigenvalue weighted by Crippen LogP contribution is 2.47. The number of hydrogen-bond acceptors (Lipinski definition) is 7. The van der Waals surface area contributed by atoms with Gasteiger partial charge in [-0.1, -0.05) is 30.3 Å². The molecule has 3 saturated heterocycles. The number of amides is 1. The van der Waals surface area contributed by atoms with Crippen molar-refractivity contribution in [3.8, 4) is 22.9 Å². The van der Waals surface area contributed by atoms with E-state index in [1.807, 2.05) is 0 Å². The molecule has 3 aliphatic heterocycles. The van der Waals surface area contributed by atoms with Gasteiger partial charge in [0.15, 0.2) is 5.82 Å². The zero-order valence-corrected chi connectivity index (χ0v) is 27.0. The number of alkyl halides is 2. The molecule has 1 N–H and O–H groups in total. The molecule has 3 aliphatic rings. The Morgan fingerprint density at radius 3 is 2.80 bits per heavy atom. The number of benzene rings is 3. The Kier molecular flexibility index (Phi) is 8.27. The number of carbonyl (C=O) groups is 1. The first-order chi connectivity index (χ1) is 23.4. The van der Waals surface area contributed by atoms with E-state index in [9.17, 15) is 18.7 Å². The zero-order valence-electron chi connectivity index (χ0n) is 26.2. The fourth-order valence-electron chi connectivity index (χ4n) is 7.66. The summed E-state index contributed by atoms with van der Waals surface area (Å²) in [6.07, 6.45) is 2.01. The van der Waals surface area contributed by atoms with Crippen molar-refractivity contribution in [3.05, 3.63) is 77.1 Å². The van der Waals surface area contributed by atoms with Crippen LogP contribution in [-0.2, 0) is 4.79 Å². The van der Waals surface area contributed by atoms with Crippen LogP contribution in [0.1, 0.15) is 19.3 Å². The van der Waals surface area contributed by atoms with Gasteiger partial charge in [0.25, 0.3) is 5.92 Å². The molecule has 9 nitrogen and oxygen atoms in total. The summed E-state index contributed by atoms with van der Waals surface area (Å²) in [6.45, 7) is 11.6. The highest BCUT2D eigenvalue weighted by atomic mass is 35.5. The summed E-state index contributed by atoms with van der Waals surface area (Å²) in [5.41, 5.74) is -1.36. The monoisotopic (exact) mass is 694 g/mol. The van der Waals surface area contributed by atoms with Crippen molar-refractivity contribution in [2.75, 3.05) is 50.8 Å². The van der Waals surface area contributed by atoms with E-state index >= 15 is 8.78 Å². The summed E-state index contributed by atoms with van der Waals surface area (Å²) < 4.78 is 67.3. The standard InChI is InChI=1S/C35H31ClF4N6O3/c1-3-27(48)46-11-10-44(16-21(46)15-41-2)32-24-14-25(36)29(23-13-22(47)12-20-6-4-7-26(37)28(20)23)30(38)31(24)42-33(43-32)49-19-34-8-5-9-45(34)18-35(39,40)17-34/h3-4,6-7,12-14,21,47H,1,5,8-11,15-19H2/t21-,34-/m0/s1. The Balaban J connectivity index is 1.37. The van der Waals surface area contributed by atoms with Gasteiger partial charge in [-0.15, -0.1) is 0 Å². The molecule has 0 aliphatic carbocycles. The second-order valence-corrected chi connectivity index (χ2v) is 13.3. The predicted octanol–water partition coefficient (Wildman–Crippen LogP) is 6.46. The van der Waals surface area contributed by atoms with Gasteiger partial charge in [-0.25, -0.2) is 24.1 Å². The minimum absolute atomic E-state index is 0.00229. The van der Waals surface area contributed by atoms with E-state index in [2.05, 4.69) is 21.4 Å². The number of anilines is 1. The van der Waals surface area contributed by atoms with Crippen LogP contribution in [0.25, 0.3) is 37.6 Å². The SMILES string of the molecule is [C-]#[N+]C[C@H]1CN(c2nc(OC[C@@]34CCCN3CC(F)(F)C4)nc3c(F)c(-c4cc(O)cc5cccc(F)c45)c(Cl)cc23)CCN1C(=O)C=C. The summed E-state index contributed by atoms with van der Waals surface area (Å²) in [4.78, 5) is 30.2. The van der Waals surface area contributed by atoms with Gasteiger partial charge in [0.1, 0.15) is 35.6 Å². The number of halogens is 5. The Morgan fingerprint density at radius 1 is 1.20 bits per heavy atom. The van der Waals surface area contributed by atoms with E-state index in [0.717, 1.165) is 6.42 Å². The summed E-state index contributed by atoms with van der Waals surface area (Å²) in [6, 6.07) is 7.49. The average molecular weight is 695 g/mol. The van der Waals surface area contributed by atoms with Crippen LogP contribution >= 0.6 is 11.6 Å². The van der Waals surface area contributed by atoms with E-state index in [0.29, 0.717) is 18.4 Å². The number of carbonyl (C=O) groups excluding carboxylic acids is 1. The molecule has 0 unspecified atom stereocenters. The highest BCUT2D eigenvalue weighted by molar-refractivity contribution is 6.35. The molecule has 0 spiro atoms. The molecule has 7 rings (SSSR count). The van der Waals surface area contributed by atoms with Gasteiger partial charge in [-0.3, -0.25) is 9.69 Å². The van der Waals surface area contributed by atoms with E-state index in [1.54, 1.807) is 20.8 Å². The Bertz CT molecular complexity index is 2060. The normalized spacial score (nSPS) is 22.0. The molecule has 4 heterocycles. The molecule has 14 heteroatoms. The molecule has 0 bridgehead atoms. The second kappa shape index (κ2) is 12.3. The number of piperazine rings is 1. The van der Waals surface area contributed by atoms with Crippen LogP contribution < -0.4 is 9.64 Å². The maximum atomic E-state index is 16.9. The number of aromatic nitrogens is 2. The third-order valence-electron chi connectivity index (χ3n) is 9.79. The van der Waals surface area contributed by atoms with Crippen molar-refractivity contribution < 1.29 is 32.2 Å².